The van der Waals surface area contributed by atoms with Gasteiger partial charge in [-0.2, -0.15) is 9.78 Å². The average molecular weight is 367 g/mol. The van der Waals surface area contributed by atoms with Gasteiger partial charge in [0.2, 0.25) is 0 Å². The SMILES string of the molecule is Cc1ccccc1C(=O)n1nc(-c2ccccc2)cc1NCc1ccccc1. The predicted molar refractivity (Wildman–Crippen MR) is 112 cm³/mol. The first-order chi connectivity index (χ1) is 13.7. The Hall–Kier alpha value is -3.66. The molecule has 0 radical (unpaired) electrons. The van der Waals surface area contributed by atoms with Gasteiger partial charge < -0.3 is 5.32 Å². The van der Waals surface area contributed by atoms with Gasteiger partial charge in [0.1, 0.15) is 5.82 Å². The molecular weight excluding hydrogens is 346 g/mol. The minimum atomic E-state index is -0.143. The van der Waals surface area contributed by atoms with Gasteiger partial charge in [0.25, 0.3) is 5.91 Å². The zero-order valence-electron chi connectivity index (χ0n) is 15.7. The third-order valence-corrected chi connectivity index (χ3v) is 4.66. The first-order valence-corrected chi connectivity index (χ1v) is 9.26. The minimum Gasteiger partial charge on any atom is -0.366 e. The van der Waals surface area contributed by atoms with E-state index in [1.165, 1.54) is 4.68 Å². The number of hydrogen-bond acceptors (Lipinski definition) is 3. The molecule has 28 heavy (non-hydrogen) atoms. The van der Waals surface area contributed by atoms with E-state index in [0.717, 1.165) is 22.4 Å². The predicted octanol–water partition coefficient (Wildman–Crippen LogP) is 5.16. The molecule has 0 spiro atoms. The van der Waals surface area contributed by atoms with Crippen LogP contribution in [0.5, 0.6) is 0 Å². The summed E-state index contributed by atoms with van der Waals surface area (Å²) in [6, 6.07) is 29.5. The normalized spacial score (nSPS) is 10.6. The number of nitrogens with one attached hydrogen (secondary N) is 1. The summed E-state index contributed by atoms with van der Waals surface area (Å²) in [5.74, 6) is 0.534. The number of carbonyl (C=O) groups is 1. The van der Waals surface area contributed by atoms with Crippen LogP contribution in [0.3, 0.4) is 0 Å². The Bertz CT molecular complexity index is 1090. The highest BCUT2D eigenvalue weighted by Crippen LogP contribution is 2.23. The molecule has 1 heterocycles. The molecule has 0 atom stereocenters. The summed E-state index contributed by atoms with van der Waals surface area (Å²) in [6.07, 6.45) is 0. The number of anilines is 1. The number of aromatic nitrogens is 2. The van der Waals surface area contributed by atoms with Crippen molar-refractivity contribution in [1.82, 2.24) is 9.78 Å². The maximum absolute atomic E-state index is 13.2. The molecule has 0 aliphatic carbocycles. The van der Waals surface area contributed by atoms with Crippen LogP contribution in [-0.2, 0) is 6.54 Å². The van der Waals surface area contributed by atoms with Gasteiger partial charge in [-0.1, -0.05) is 78.9 Å². The van der Waals surface area contributed by atoms with Gasteiger partial charge in [-0.25, -0.2) is 0 Å². The highest BCUT2D eigenvalue weighted by Gasteiger charge is 2.18. The fraction of sp³-hybridized carbons (Fsp3) is 0.0833. The summed E-state index contributed by atoms with van der Waals surface area (Å²) in [5.41, 5.74) is 4.45. The molecule has 0 aliphatic heterocycles. The molecule has 0 amide bonds. The van der Waals surface area contributed by atoms with Crippen LogP contribution in [0.25, 0.3) is 11.3 Å². The molecule has 1 aromatic heterocycles. The fourth-order valence-electron chi connectivity index (χ4n) is 3.13. The van der Waals surface area contributed by atoms with E-state index in [4.69, 9.17) is 0 Å². The molecule has 4 nitrogen and oxygen atoms in total. The molecule has 3 aromatic carbocycles. The molecule has 0 saturated carbocycles. The van der Waals surface area contributed by atoms with Crippen LogP contribution < -0.4 is 5.32 Å². The van der Waals surface area contributed by atoms with Crippen molar-refractivity contribution in [3.63, 3.8) is 0 Å². The molecule has 138 valence electrons. The Morgan fingerprint density at radius 3 is 2.25 bits per heavy atom. The lowest BCUT2D eigenvalue weighted by molar-refractivity contribution is 0.0947. The van der Waals surface area contributed by atoms with Crippen LogP contribution >= 0.6 is 0 Å². The average Bonchev–Trinajstić information content (AvgIpc) is 3.18. The van der Waals surface area contributed by atoms with Gasteiger partial charge in [-0.3, -0.25) is 4.79 Å². The van der Waals surface area contributed by atoms with Gasteiger partial charge in [0.05, 0.1) is 5.69 Å². The first kappa shape index (κ1) is 17.7. The number of nitrogens with zero attached hydrogens (tertiary/aromatic N) is 2. The standard InChI is InChI=1S/C24H21N3O/c1-18-10-8-9-15-21(18)24(28)27-23(25-17-19-11-4-2-5-12-19)16-22(26-27)20-13-6-3-7-14-20/h2-16,25H,17H2,1H3. The van der Waals surface area contributed by atoms with Crippen LogP contribution in [0.4, 0.5) is 5.82 Å². The van der Waals surface area contributed by atoms with Crippen molar-refractivity contribution in [2.75, 3.05) is 5.32 Å². The largest absolute Gasteiger partial charge is 0.366 e. The molecule has 0 aliphatic rings. The number of hydrogen-bond donors (Lipinski definition) is 1. The highest BCUT2D eigenvalue weighted by molar-refractivity contribution is 5.98. The Morgan fingerprint density at radius 2 is 1.54 bits per heavy atom. The topological polar surface area (TPSA) is 46.9 Å². The van der Waals surface area contributed by atoms with E-state index in [1.54, 1.807) is 0 Å². The van der Waals surface area contributed by atoms with Crippen molar-refractivity contribution < 1.29 is 4.79 Å². The number of carbonyl (C=O) groups excluding carboxylic acids is 1. The monoisotopic (exact) mass is 367 g/mol. The molecule has 0 fully saturated rings. The summed E-state index contributed by atoms with van der Waals surface area (Å²) in [5, 5.41) is 7.98. The minimum absolute atomic E-state index is 0.143. The summed E-state index contributed by atoms with van der Waals surface area (Å²) >= 11 is 0. The van der Waals surface area contributed by atoms with E-state index in [1.807, 2.05) is 85.8 Å². The quantitative estimate of drug-likeness (QED) is 0.530. The summed E-state index contributed by atoms with van der Waals surface area (Å²) < 4.78 is 1.47. The molecule has 4 heteroatoms. The van der Waals surface area contributed by atoms with E-state index in [0.29, 0.717) is 17.9 Å². The maximum atomic E-state index is 13.2. The van der Waals surface area contributed by atoms with Crippen LogP contribution in [0.15, 0.2) is 91.0 Å². The molecule has 0 bridgehead atoms. The van der Waals surface area contributed by atoms with Crippen LogP contribution in [0, 0.1) is 6.92 Å². The lowest BCUT2D eigenvalue weighted by Gasteiger charge is -2.10. The van der Waals surface area contributed by atoms with E-state index >= 15 is 0 Å². The maximum Gasteiger partial charge on any atom is 0.280 e. The van der Waals surface area contributed by atoms with Gasteiger partial charge in [-0.05, 0) is 24.1 Å². The van der Waals surface area contributed by atoms with Crippen molar-refractivity contribution in [2.45, 2.75) is 13.5 Å². The molecule has 0 unspecified atom stereocenters. The van der Waals surface area contributed by atoms with E-state index < -0.39 is 0 Å². The van der Waals surface area contributed by atoms with Gasteiger partial charge in [0, 0.05) is 23.7 Å². The Balaban J connectivity index is 1.71. The summed E-state index contributed by atoms with van der Waals surface area (Å²) in [7, 11) is 0. The van der Waals surface area contributed by atoms with Crippen molar-refractivity contribution in [3.8, 4) is 11.3 Å². The Morgan fingerprint density at radius 1 is 0.893 bits per heavy atom. The third-order valence-electron chi connectivity index (χ3n) is 4.66. The smallest absolute Gasteiger partial charge is 0.280 e. The van der Waals surface area contributed by atoms with Gasteiger partial charge >= 0.3 is 0 Å². The first-order valence-electron chi connectivity index (χ1n) is 9.26. The molecule has 4 aromatic rings. The number of benzene rings is 3. The summed E-state index contributed by atoms with van der Waals surface area (Å²) in [6.45, 7) is 2.55. The molecular formula is C24H21N3O. The lowest BCUT2D eigenvalue weighted by atomic mass is 10.1. The fourth-order valence-corrected chi connectivity index (χ4v) is 3.13. The molecule has 4 rings (SSSR count). The zero-order valence-corrected chi connectivity index (χ0v) is 15.7. The summed E-state index contributed by atoms with van der Waals surface area (Å²) in [4.78, 5) is 13.2. The van der Waals surface area contributed by atoms with Gasteiger partial charge in [0.15, 0.2) is 0 Å². The van der Waals surface area contributed by atoms with E-state index in [2.05, 4.69) is 22.5 Å². The van der Waals surface area contributed by atoms with Crippen LogP contribution in [0.2, 0.25) is 0 Å². The second-order valence-electron chi connectivity index (χ2n) is 6.65. The zero-order chi connectivity index (χ0) is 19.3. The van der Waals surface area contributed by atoms with Crippen molar-refractivity contribution in [1.29, 1.82) is 0 Å². The second kappa shape index (κ2) is 7.92. The number of aryl methyl sites for hydroxylation is 1. The van der Waals surface area contributed by atoms with Gasteiger partial charge in [-0.15, -0.1) is 0 Å². The Kier molecular flexibility index (Phi) is 5.02. The van der Waals surface area contributed by atoms with Crippen molar-refractivity contribution in [2.24, 2.45) is 0 Å². The number of rotatable bonds is 5. The van der Waals surface area contributed by atoms with Crippen molar-refractivity contribution in [3.05, 3.63) is 108 Å². The van der Waals surface area contributed by atoms with Crippen LogP contribution in [-0.4, -0.2) is 15.7 Å². The molecule has 1 N–H and O–H groups in total. The molecule has 0 saturated heterocycles. The van der Waals surface area contributed by atoms with Crippen molar-refractivity contribution >= 4 is 11.7 Å². The second-order valence-corrected chi connectivity index (χ2v) is 6.65. The Labute approximate surface area is 164 Å². The van der Waals surface area contributed by atoms with Crippen LogP contribution in [0.1, 0.15) is 21.5 Å². The highest BCUT2D eigenvalue weighted by atomic mass is 16.2. The van der Waals surface area contributed by atoms with E-state index in [9.17, 15) is 4.79 Å². The van der Waals surface area contributed by atoms with E-state index in [-0.39, 0.29) is 5.91 Å². The third kappa shape index (κ3) is 3.71. The lowest BCUT2D eigenvalue weighted by Crippen LogP contribution is -2.18.